The lowest BCUT2D eigenvalue weighted by molar-refractivity contribution is -0.396. The summed E-state index contributed by atoms with van der Waals surface area (Å²) < 4.78 is 8.22. The highest BCUT2D eigenvalue weighted by atomic mass is 32.2. The van der Waals surface area contributed by atoms with Gasteiger partial charge in [0.15, 0.2) is 11.7 Å². The zero-order chi connectivity index (χ0) is 22.4. The molecule has 1 N–H and O–H groups in total. The maximum atomic E-state index is 11.2. The number of aliphatic imine (C=N–C) groups is 1. The first kappa shape index (κ1) is 20.4. The van der Waals surface area contributed by atoms with Gasteiger partial charge in [-0.1, -0.05) is 11.1 Å². The van der Waals surface area contributed by atoms with Crippen LogP contribution in [0.2, 0.25) is 0 Å². The zero-order valence-electron chi connectivity index (χ0n) is 16.6. The van der Waals surface area contributed by atoms with Gasteiger partial charge < -0.3 is 20.0 Å². The molecule has 0 bridgehead atoms. The molecule has 32 heavy (non-hydrogen) atoms. The number of nitrogens with zero attached hydrogens (tertiary/aromatic N) is 5. The predicted octanol–water partition coefficient (Wildman–Crippen LogP) is 3.62. The van der Waals surface area contributed by atoms with Gasteiger partial charge in [0.1, 0.15) is 28.6 Å². The molecule has 0 saturated carbocycles. The molecule has 3 heterocycles. The van der Waals surface area contributed by atoms with Gasteiger partial charge in [-0.05, 0) is 34.6 Å². The first-order valence-corrected chi connectivity index (χ1v) is 11.3. The number of imidazole rings is 1. The van der Waals surface area contributed by atoms with Crippen LogP contribution in [0.4, 0.5) is 5.95 Å². The topological polar surface area (TPSA) is 133 Å². The minimum atomic E-state index is -0.924. The van der Waals surface area contributed by atoms with Crippen LogP contribution in [0.5, 0.6) is 5.75 Å². The van der Waals surface area contributed by atoms with Crippen molar-refractivity contribution in [3.05, 3.63) is 57.3 Å². The third-order valence-corrected chi connectivity index (χ3v) is 7.37. The maximum Gasteiger partial charge on any atom is 0.434 e. The third-order valence-electron chi connectivity index (χ3n) is 5.07. The molecule has 0 fully saturated rings. The summed E-state index contributed by atoms with van der Waals surface area (Å²) in [5.74, 6) is -0.106. The van der Waals surface area contributed by atoms with Gasteiger partial charge in [-0.3, -0.25) is 4.99 Å². The van der Waals surface area contributed by atoms with E-state index in [2.05, 4.69) is 15.0 Å². The Morgan fingerprint density at radius 3 is 2.94 bits per heavy atom. The Balaban J connectivity index is 1.41. The predicted molar refractivity (Wildman–Crippen MR) is 122 cm³/mol. The van der Waals surface area contributed by atoms with Gasteiger partial charge in [0.25, 0.3) is 0 Å². The van der Waals surface area contributed by atoms with Crippen LogP contribution in [0.25, 0.3) is 21.0 Å². The van der Waals surface area contributed by atoms with Crippen LogP contribution in [0, 0.1) is 10.1 Å². The van der Waals surface area contributed by atoms with Crippen LogP contribution in [0.3, 0.4) is 0 Å². The molecule has 12 heteroatoms. The van der Waals surface area contributed by atoms with Crippen LogP contribution in [0.15, 0.2) is 41.5 Å². The number of aliphatic carboxylic acids is 1. The smallest absolute Gasteiger partial charge is 0.434 e. The molecule has 1 atom stereocenters. The number of aromatic nitrogens is 3. The molecule has 0 aliphatic carbocycles. The number of nitro groups is 1. The number of thioether (sulfide) groups is 1. The van der Waals surface area contributed by atoms with E-state index in [-0.39, 0.29) is 12.6 Å². The highest BCUT2D eigenvalue weighted by molar-refractivity contribution is 8.15. The van der Waals surface area contributed by atoms with Gasteiger partial charge in [-0.15, -0.1) is 23.1 Å². The Labute approximate surface area is 188 Å². The third kappa shape index (κ3) is 3.56. The van der Waals surface area contributed by atoms with E-state index < -0.39 is 16.9 Å². The Morgan fingerprint density at radius 2 is 2.22 bits per heavy atom. The zero-order valence-corrected chi connectivity index (χ0v) is 18.2. The summed E-state index contributed by atoms with van der Waals surface area (Å²) in [5.41, 5.74) is 1.42. The van der Waals surface area contributed by atoms with Crippen molar-refractivity contribution in [2.24, 2.45) is 12.0 Å². The van der Waals surface area contributed by atoms with E-state index in [9.17, 15) is 14.9 Å². The number of carboxylic acids is 1. The number of hydrogen-bond donors (Lipinski definition) is 1. The molecule has 5 rings (SSSR count). The van der Waals surface area contributed by atoms with E-state index in [1.807, 2.05) is 30.3 Å². The Kier molecular flexibility index (Phi) is 5.02. The Hall–Kier alpha value is -3.51. The number of fused-ring (bicyclic) bond motifs is 3. The number of thiazole rings is 1. The SMILES string of the molecule is Cn1c(COc2ccc3c(ccc4nc(C5=N[C@@H](C(=O)O)CS5)sc43)c2)cnc1[N+](=O)[O-]. The van der Waals surface area contributed by atoms with Crippen LogP contribution in [-0.2, 0) is 18.4 Å². The van der Waals surface area contributed by atoms with Gasteiger partial charge in [0.05, 0.1) is 17.3 Å². The van der Waals surface area contributed by atoms with Crippen molar-refractivity contribution < 1.29 is 19.6 Å². The minimum absolute atomic E-state index is 0.150. The molecule has 2 aromatic carbocycles. The van der Waals surface area contributed by atoms with Gasteiger partial charge in [-0.2, -0.15) is 0 Å². The molecule has 0 spiro atoms. The second-order valence-corrected chi connectivity index (χ2v) is 9.08. The van der Waals surface area contributed by atoms with E-state index >= 15 is 0 Å². The fourth-order valence-corrected chi connectivity index (χ4v) is 5.58. The highest BCUT2D eigenvalue weighted by Gasteiger charge is 2.27. The van der Waals surface area contributed by atoms with E-state index in [4.69, 9.17) is 9.84 Å². The van der Waals surface area contributed by atoms with Crippen LogP contribution >= 0.6 is 23.1 Å². The number of hydrogen-bond acceptors (Lipinski definition) is 9. The molecule has 0 radical (unpaired) electrons. The molecule has 2 aromatic heterocycles. The standard InChI is InChI=1S/C20H15N5O5S2/c1-24-11(7-21-20(24)25(28)29)8-30-12-3-4-13-10(6-12)2-5-14-16(13)32-18(22-14)17-23-15(9-31-17)19(26)27/h2-7,15H,8-9H2,1H3,(H,26,27)/t15-/m1/s1. The first-order valence-electron chi connectivity index (χ1n) is 9.45. The quantitative estimate of drug-likeness (QED) is 0.334. The van der Waals surface area contributed by atoms with Crippen LogP contribution < -0.4 is 4.74 Å². The van der Waals surface area contributed by atoms with E-state index in [1.54, 1.807) is 7.05 Å². The maximum absolute atomic E-state index is 11.2. The molecule has 0 unspecified atom stereocenters. The van der Waals surface area contributed by atoms with Crippen molar-refractivity contribution >= 4 is 61.0 Å². The normalized spacial score (nSPS) is 15.9. The molecule has 162 valence electrons. The van der Waals surface area contributed by atoms with Crippen LogP contribution in [-0.4, -0.2) is 47.4 Å². The average molecular weight is 470 g/mol. The monoisotopic (exact) mass is 469 g/mol. The van der Waals surface area contributed by atoms with Crippen molar-refractivity contribution in [2.45, 2.75) is 12.6 Å². The number of rotatable bonds is 6. The van der Waals surface area contributed by atoms with Crippen molar-refractivity contribution in [2.75, 3.05) is 5.75 Å². The van der Waals surface area contributed by atoms with Gasteiger partial charge in [-0.25, -0.2) is 14.3 Å². The Bertz CT molecular complexity index is 1430. The van der Waals surface area contributed by atoms with Crippen LogP contribution in [0.1, 0.15) is 10.7 Å². The summed E-state index contributed by atoms with van der Waals surface area (Å²) in [6, 6.07) is 8.84. The summed E-state index contributed by atoms with van der Waals surface area (Å²) in [7, 11) is 1.58. The molecule has 0 amide bonds. The molecule has 1 aliphatic heterocycles. The summed E-state index contributed by atoms with van der Waals surface area (Å²) in [5, 5.41) is 23.5. The van der Waals surface area contributed by atoms with E-state index in [1.165, 1.54) is 33.9 Å². The minimum Gasteiger partial charge on any atom is -0.486 e. The van der Waals surface area contributed by atoms with Gasteiger partial charge in [0.2, 0.25) is 0 Å². The number of carboxylic acid groups (broad SMARTS) is 1. The lowest BCUT2D eigenvalue weighted by Crippen LogP contribution is -2.17. The molecule has 10 nitrogen and oxygen atoms in total. The number of benzene rings is 2. The van der Waals surface area contributed by atoms with E-state index in [0.717, 1.165) is 26.0 Å². The summed E-state index contributed by atoms with van der Waals surface area (Å²) in [6.45, 7) is 0.150. The van der Waals surface area contributed by atoms with Crippen molar-refractivity contribution in [3.8, 4) is 5.75 Å². The lowest BCUT2D eigenvalue weighted by Gasteiger charge is -2.07. The summed E-state index contributed by atoms with van der Waals surface area (Å²) in [6.07, 6.45) is 1.43. The number of carbonyl (C=O) groups is 1. The first-order chi connectivity index (χ1) is 15.4. The molecule has 0 saturated heterocycles. The van der Waals surface area contributed by atoms with E-state index in [0.29, 0.717) is 22.2 Å². The summed E-state index contributed by atoms with van der Waals surface area (Å²) >= 11 is 2.90. The molecule has 1 aliphatic rings. The Morgan fingerprint density at radius 1 is 1.38 bits per heavy atom. The molecular weight excluding hydrogens is 454 g/mol. The van der Waals surface area contributed by atoms with Crippen molar-refractivity contribution in [3.63, 3.8) is 0 Å². The van der Waals surface area contributed by atoms with Crippen molar-refractivity contribution in [1.82, 2.24) is 14.5 Å². The second kappa shape index (κ2) is 7.88. The number of ether oxygens (including phenoxy) is 1. The van der Waals surface area contributed by atoms with Gasteiger partial charge >= 0.3 is 11.9 Å². The second-order valence-electron chi connectivity index (χ2n) is 7.07. The fourth-order valence-electron chi connectivity index (χ4n) is 3.39. The van der Waals surface area contributed by atoms with Crippen molar-refractivity contribution in [1.29, 1.82) is 0 Å². The lowest BCUT2D eigenvalue weighted by atomic mass is 10.1. The summed E-state index contributed by atoms with van der Waals surface area (Å²) in [4.78, 5) is 34.3. The fraction of sp³-hybridized carbons (Fsp3) is 0.200. The molecular formula is C20H15N5O5S2. The largest absolute Gasteiger partial charge is 0.486 e. The van der Waals surface area contributed by atoms with Gasteiger partial charge in [0, 0.05) is 11.1 Å². The molecule has 4 aromatic rings. The average Bonchev–Trinajstić information content (AvgIpc) is 3.49. The highest BCUT2D eigenvalue weighted by Crippen LogP contribution is 2.35.